The molecule has 0 atom stereocenters. The van der Waals surface area contributed by atoms with Gasteiger partial charge >= 0.3 is 6.09 Å². The van der Waals surface area contributed by atoms with E-state index in [0.29, 0.717) is 19.0 Å². The Bertz CT molecular complexity index is 316. The summed E-state index contributed by atoms with van der Waals surface area (Å²) in [6.45, 7) is 1.18. The van der Waals surface area contributed by atoms with Crippen LogP contribution in [0, 0.1) is 0 Å². The lowest BCUT2D eigenvalue weighted by molar-refractivity contribution is 0.121. The van der Waals surface area contributed by atoms with E-state index < -0.39 is 0 Å². The van der Waals surface area contributed by atoms with Crippen molar-refractivity contribution in [1.82, 2.24) is 4.90 Å². The molecular weight excluding hydrogens is 226 g/mol. The normalized spacial score (nSPS) is 9.88. The van der Waals surface area contributed by atoms with Crippen LogP contribution in [0.3, 0.4) is 0 Å². The van der Waals surface area contributed by atoms with Crippen LogP contribution in [0.1, 0.15) is 12.0 Å². The molecule has 3 nitrogen and oxygen atoms in total. The number of hydrogen-bond acceptors (Lipinski definition) is 2. The molecule has 1 amide bonds. The van der Waals surface area contributed by atoms with Crippen LogP contribution in [0.4, 0.5) is 4.79 Å². The predicted octanol–water partition coefficient (Wildman–Crippen LogP) is 2.88. The summed E-state index contributed by atoms with van der Waals surface area (Å²) in [5.74, 6) is 0.544. The maximum atomic E-state index is 11.5. The number of benzene rings is 1. The Labute approximate surface area is 101 Å². The van der Waals surface area contributed by atoms with Gasteiger partial charge in [-0.15, -0.1) is 11.6 Å². The van der Waals surface area contributed by atoms with Crippen molar-refractivity contribution < 1.29 is 9.53 Å². The van der Waals surface area contributed by atoms with E-state index in [4.69, 9.17) is 16.3 Å². The SMILES string of the molecule is COC(=O)N(CCCCl)Cc1ccccc1. The summed E-state index contributed by atoms with van der Waals surface area (Å²) < 4.78 is 4.73. The molecule has 1 rings (SSSR count). The highest BCUT2D eigenvalue weighted by atomic mass is 35.5. The van der Waals surface area contributed by atoms with Gasteiger partial charge in [-0.1, -0.05) is 30.3 Å². The fraction of sp³-hybridized carbons (Fsp3) is 0.417. The third kappa shape index (κ3) is 4.11. The predicted molar refractivity (Wildman–Crippen MR) is 64.6 cm³/mol. The van der Waals surface area contributed by atoms with Crippen molar-refractivity contribution in [2.75, 3.05) is 19.5 Å². The molecule has 88 valence electrons. The van der Waals surface area contributed by atoms with E-state index >= 15 is 0 Å². The second kappa shape index (κ2) is 7.12. The minimum Gasteiger partial charge on any atom is -0.453 e. The highest BCUT2D eigenvalue weighted by Gasteiger charge is 2.13. The number of rotatable bonds is 5. The first-order valence-electron chi connectivity index (χ1n) is 5.20. The number of carbonyl (C=O) groups excluding carboxylic acids is 1. The molecule has 16 heavy (non-hydrogen) atoms. The molecule has 0 unspecified atom stereocenters. The molecule has 0 aliphatic rings. The van der Waals surface area contributed by atoms with Crippen LogP contribution in [-0.4, -0.2) is 30.5 Å². The van der Waals surface area contributed by atoms with E-state index in [2.05, 4.69) is 0 Å². The largest absolute Gasteiger partial charge is 0.453 e. The van der Waals surface area contributed by atoms with Crippen molar-refractivity contribution >= 4 is 17.7 Å². The van der Waals surface area contributed by atoms with Gasteiger partial charge in [-0.3, -0.25) is 0 Å². The Balaban J connectivity index is 2.59. The van der Waals surface area contributed by atoms with Crippen molar-refractivity contribution in [2.45, 2.75) is 13.0 Å². The van der Waals surface area contributed by atoms with Crippen LogP contribution >= 0.6 is 11.6 Å². The van der Waals surface area contributed by atoms with Crippen LogP contribution in [0.25, 0.3) is 0 Å². The zero-order valence-electron chi connectivity index (χ0n) is 9.36. The second-order valence-electron chi connectivity index (χ2n) is 3.42. The number of amides is 1. The maximum Gasteiger partial charge on any atom is 0.409 e. The average molecular weight is 242 g/mol. The molecule has 0 N–H and O–H groups in total. The Hall–Kier alpha value is -1.22. The van der Waals surface area contributed by atoms with Crippen molar-refractivity contribution in [3.63, 3.8) is 0 Å². The van der Waals surface area contributed by atoms with Gasteiger partial charge in [0.2, 0.25) is 0 Å². The Kier molecular flexibility index (Phi) is 5.72. The fourth-order valence-electron chi connectivity index (χ4n) is 1.42. The summed E-state index contributed by atoms with van der Waals surface area (Å²) in [6.07, 6.45) is 0.456. The van der Waals surface area contributed by atoms with Crippen molar-refractivity contribution in [3.8, 4) is 0 Å². The molecule has 1 aromatic rings. The molecule has 0 saturated carbocycles. The van der Waals surface area contributed by atoms with E-state index in [-0.39, 0.29) is 6.09 Å². The highest BCUT2D eigenvalue weighted by molar-refractivity contribution is 6.17. The van der Waals surface area contributed by atoms with E-state index in [0.717, 1.165) is 12.0 Å². The lowest BCUT2D eigenvalue weighted by Gasteiger charge is -2.20. The molecule has 0 bridgehead atoms. The van der Waals surface area contributed by atoms with E-state index in [9.17, 15) is 4.79 Å². The quantitative estimate of drug-likeness (QED) is 0.742. The summed E-state index contributed by atoms with van der Waals surface area (Å²) in [6, 6.07) is 9.82. The molecule has 4 heteroatoms. The topological polar surface area (TPSA) is 29.5 Å². The molecular formula is C12H16ClNO2. The second-order valence-corrected chi connectivity index (χ2v) is 3.80. The van der Waals surface area contributed by atoms with Crippen molar-refractivity contribution in [1.29, 1.82) is 0 Å². The minimum absolute atomic E-state index is 0.311. The Morgan fingerprint density at radius 3 is 2.62 bits per heavy atom. The van der Waals surface area contributed by atoms with Crippen LogP contribution in [0.5, 0.6) is 0 Å². The molecule has 0 spiro atoms. The third-order valence-corrected chi connectivity index (χ3v) is 2.48. The molecule has 0 fully saturated rings. The first-order valence-corrected chi connectivity index (χ1v) is 5.74. The van der Waals surface area contributed by atoms with Gasteiger partial charge in [-0.05, 0) is 12.0 Å². The number of alkyl halides is 1. The summed E-state index contributed by atoms with van der Waals surface area (Å²) in [4.78, 5) is 13.1. The van der Waals surface area contributed by atoms with E-state index in [1.165, 1.54) is 7.11 Å². The summed E-state index contributed by atoms with van der Waals surface area (Å²) >= 11 is 5.62. The van der Waals surface area contributed by atoms with Gasteiger partial charge in [-0.25, -0.2) is 4.79 Å². The van der Waals surface area contributed by atoms with Gasteiger partial charge in [0.15, 0.2) is 0 Å². The number of hydrogen-bond donors (Lipinski definition) is 0. The fourth-order valence-corrected chi connectivity index (χ4v) is 1.54. The molecule has 0 radical (unpaired) electrons. The third-order valence-electron chi connectivity index (χ3n) is 2.21. The lowest BCUT2D eigenvalue weighted by atomic mass is 10.2. The zero-order chi connectivity index (χ0) is 11.8. The smallest absolute Gasteiger partial charge is 0.409 e. The summed E-state index contributed by atoms with van der Waals surface area (Å²) in [5.41, 5.74) is 1.09. The highest BCUT2D eigenvalue weighted by Crippen LogP contribution is 2.06. The summed E-state index contributed by atoms with van der Waals surface area (Å²) in [5, 5.41) is 0. The average Bonchev–Trinajstić information content (AvgIpc) is 2.34. The van der Waals surface area contributed by atoms with Crippen LogP contribution in [-0.2, 0) is 11.3 Å². The number of ether oxygens (including phenoxy) is 1. The van der Waals surface area contributed by atoms with Gasteiger partial charge in [0.05, 0.1) is 7.11 Å². The first kappa shape index (κ1) is 12.8. The zero-order valence-corrected chi connectivity index (χ0v) is 10.1. The number of carbonyl (C=O) groups is 1. The van der Waals surface area contributed by atoms with E-state index in [1.54, 1.807) is 4.90 Å². The first-order chi connectivity index (χ1) is 7.77. The van der Waals surface area contributed by atoms with Gasteiger partial charge in [-0.2, -0.15) is 0 Å². The molecule has 1 aromatic carbocycles. The Morgan fingerprint density at radius 1 is 1.38 bits per heavy atom. The van der Waals surface area contributed by atoms with Crippen molar-refractivity contribution in [2.24, 2.45) is 0 Å². The monoisotopic (exact) mass is 241 g/mol. The lowest BCUT2D eigenvalue weighted by Crippen LogP contribution is -2.31. The van der Waals surface area contributed by atoms with Crippen molar-refractivity contribution in [3.05, 3.63) is 35.9 Å². The number of halogens is 1. The molecule has 0 heterocycles. The number of nitrogens with zero attached hydrogens (tertiary/aromatic N) is 1. The van der Waals surface area contributed by atoms with Gasteiger partial charge in [0.1, 0.15) is 0 Å². The minimum atomic E-state index is -0.311. The molecule has 0 aromatic heterocycles. The number of methoxy groups -OCH3 is 1. The van der Waals surface area contributed by atoms with Crippen LogP contribution in [0.2, 0.25) is 0 Å². The maximum absolute atomic E-state index is 11.5. The van der Waals surface area contributed by atoms with Gasteiger partial charge < -0.3 is 9.64 Å². The Morgan fingerprint density at radius 2 is 2.06 bits per heavy atom. The molecule has 0 aliphatic heterocycles. The van der Waals surface area contributed by atoms with Crippen LogP contribution in [0.15, 0.2) is 30.3 Å². The summed E-state index contributed by atoms with van der Waals surface area (Å²) in [7, 11) is 1.39. The van der Waals surface area contributed by atoms with Gasteiger partial charge in [0.25, 0.3) is 0 Å². The standard InChI is InChI=1S/C12H16ClNO2/c1-16-12(15)14(9-5-8-13)10-11-6-3-2-4-7-11/h2-4,6-7H,5,8-10H2,1H3. The molecule has 0 aliphatic carbocycles. The van der Waals surface area contributed by atoms with E-state index in [1.807, 2.05) is 30.3 Å². The van der Waals surface area contributed by atoms with Gasteiger partial charge in [0, 0.05) is 19.0 Å². The molecule has 0 saturated heterocycles. The van der Waals surface area contributed by atoms with Crippen LogP contribution < -0.4 is 0 Å².